The van der Waals surface area contributed by atoms with E-state index in [0.717, 1.165) is 37.0 Å². The van der Waals surface area contributed by atoms with E-state index in [4.69, 9.17) is 0 Å². The van der Waals surface area contributed by atoms with Gasteiger partial charge in [0.25, 0.3) is 0 Å². The van der Waals surface area contributed by atoms with E-state index in [-0.39, 0.29) is 13.5 Å². The predicted octanol–water partition coefficient (Wildman–Crippen LogP) is 8.28. The summed E-state index contributed by atoms with van der Waals surface area (Å²) in [6.45, 7) is 16.3. The molecule has 0 aliphatic heterocycles. The van der Waals surface area contributed by atoms with Crippen molar-refractivity contribution < 1.29 is 5.11 Å². The first-order chi connectivity index (χ1) is 13.7. The van der Waals surface area contributed by atoms with Crippen LogP contribution < -0.4 is 0 Å². The molecule has 0 amide bonds. The summed E-state index contributed by atoms with van der Waals surface area (Å²) < 4.78 is 0. The Morgan fingerprint density at radius 1 is 1.03 bits per heavy atom. The van der Waals surface area contributed by atoms with Gasteiger partial charge in [-0.25, -0.2) is 0 Å². The highest BCUT2D eigenvalue weighted by Gasteiger charge is 2.50. The maximum Gasteiger partial charge on any atom is 0.0583 e. The number of allylic oxidation sites excluding steroid dienone is 6. The lowest BCUT2D eigenvalue weighted by atomic mass is 9.61. The van der Waals surface area contributed by atoms with Gasteiger partial charge in [-0.2, -0.15) is 0 Å². The number of aliphatic hydroxyl groups excluding tert-OH is 1. The smallest absolute Gasteiger partial charge is 0.0583 e. The summed E-state index contributed by atoms with van der Waals surface area (Å²) in [7, 11) is 0. The highest BCUT2D eigenvalue weighted by molar-refractivity contribution is 5.36. The van der Waals surface area contributed by atoms with Gasteiger partial charge >= 0.3 is 0 Å². The van der Waals surface area contributed by atoms with Crippen LogP contribution >= 0.6 is 0 Å². The molecule has 3 fully saturated rings. The Morgan fingerprint density at radius 3 is 2.47 bits per heavy atom. The Morgan fingerprint density at radius 2 is 1.77 bits per heavy atom. The molecule has 0 aromatic heterocycles. The highest BCUT2D eigenvalue weighted by Crippen LogP contribution is 2.59. The molecule has 0 radical (unpaired) electrons. The third-order valence-electron chi connectivity index (χ3n) is 8.63. The first kappa shape index (κ1) is 25.2. The van der Waals surface area contributed by atoms with E-state index in [1.165, 1.54) is 43.3 Å². The van der Waals surface area contributed by atoms with Crippen LogP contribution in [-0.4, -0.2) is 11.2 Å². The Hall–Kier alpha value is -1.08. The fraction of sp³-hybridized carbons (Fsp3) is 0.724. The summed E-state index contributed by atoms with van der Waals surface area (Å²) in [6, 6.07) is 0. The highest BCUT2D eigenvalue weighted by atomic mass is 16.3. The Labute approximate surface area is 187 Å². The largest absolute Gasteiger partial charge is 0.393 e. The SMILES string of the molecule is C.C=C1CC[C@H](O)C/C1=C/C=C1\CCC[C@]2(C)[C@@H]([C@H](C)/C=C/[C@H](C)C(C)C)CC[C@@H]12. The van der Waals surface area contributed by atoms with Gasteiger partial charge in [0, 0.05) is 0 Å². The lowest BCUT2D eigenvalue weighted by Gasteiger charge is -2.44. The molecule has 1 nitrogen and oxygen atoms in total. The van der Waals surface area contributed by atoms with Gasteiger partial charge in [0.05, 0.1) is 6.10 Å². The maximum atomic E-state index is 10.0. The van der Waals surface area contributed by atoms with Crippen molar-refractivity contribution >= 4 is 0 Å². The second-order valence-corrected chi connectivity index (χ2v) is 10.9. The van der Waals surface area contributed by atoms with Crippen molar-refractivity contribution in [3.63, 3.8) is 0 Å². The minimum atomic E-state index is -0.182. The van der Waals surface area contributed by atoms with E-state index in [2.05, 4.69) is 65.5 Å². The summed E-state index contributed by atoms with van der Waals surface area (Å²) in [6.07, 6.45) is 18.8. The molecular formula is C29H48O. The van der Waals surface area contributed by atoms with Crippen molar-refractivity contribution in [1.82, 2.24) is 0 Å². The molecule has 0 heterocycles. The van der Waals surface area contributed by atoms with Crippen molar-refractivity contribution in [1.29, 1.82) is 0 Å². The topological polar surface area (TPSA) is 20.2 Å². The van der Waals surface area contributed by atoms with E-state index in [0.29, 0.717) is 17.3 Å². The van der Waals surface area contributed by atoms with Gasteiger partial charge in [0.15, 0.2) is 0 Å². The fourth-order valence-electron chi connectivity index (χ4n) is 6.25. The standard InChI is InChI=1S/C28H44O.CH4/c1-19(2)20(3)9-10-22(5)26-15-16-27-23(8-7-17-28(26,27)6)12-13-24-18-25(29)14-11-21(24)4;/h9-10,12-13,19-20,22,25-27,29H,4,7-8,11,14-18H2,1-3,5-6H3;1H4/b10-9+,23-12+,24-13-;/t20-,22+,25-,26+,27-,28+;/m0./s1. The van der Waals surface area contributed by atoms with Crippen LogP contribution in [-0.2, 0) is 0 Å². The van der Waals surface area contributed by atoms with E-state index in [9.17, 15) is 5.11 Å². The third kappa shape index (κ3) is 5.39. The molecule has 0 aromatic carbocycles. The summed E-state index contributed by atoms with van der Waals surface area (Å²) in [5.74, 6) is 3.58. The number of hydrogen-bond donors (Lipinski definition) is 1. The number of fused-ring (bicyclic) bond motifs is 1. The second-order valence-electron chi connectivity index (χ2n) is 10.9. The number of aliphatic hydroxyl groups is 1. The van der Waals surface area contributed by atoms with Crippen LogP contribution in [0.2, 0.25) is 0 Å². The minimum absolute atomic E-state index is 0. The van der Waals surface area contributed by atoms with Crippen LogP contribution in [0.25, 0.3) is 0 Å². The average molecular weight is 413 g/mol. The third-order valence-corrected chi connectivity index (χ3v) is 8.63. The fourth-order valence-corrected chi connectivity index (χ4v) is 6.25. The van der Waals surface area contributed by atoms with Gasteiger partial charge in [-0.3, -0.25) is 0 Å². The normalized spacial score (nSPS) is 36.9. The van der Waals surface area contributed by atoms with Crippen molar-refractivity contribution in [2.75, 3.05) is 0 Å². The van der Waals surface area contributed by atoms with Crippen LogP contribution in [0.3, 0.4) is 0 Å². The van der Waals surface area contributed by atoms with Gasteiger partial charge in [-0.05, 0) is 91.9 Å². The first-order valence-electron chi connectivity index (χ1n) is 12.2. The molecule has 3 rings (SSSR count). The van der Waals surface area contributed by atoms with E-state index in [1.807, 2.05) is 0 Å². The zero-order valence-corrected chi connectivity index (χ0v) is 19.6. The molecule has 3 aliphatic carbocycles. The van der Waals surface area contributed by atoms with Crippen LogP contribution in [0.1, 0.15) is 93.4 Å². The lowest BCUT2D eigenvalue weighted by molar-refractivity contribution is 0.112. The molecule has 0 saturated heterocycles. The minimum Gasteiger partial charge on any atom is -0.393 e. The molecule has 1 N–H and O–H groups in total. The summed E-state index contributed by atoms with van der Waals surface area (Å²) in [4.78, 5) is 0. The van der Waals surface area contributed by atoms with Crippen LogP contribution in [0.5, 0.6) is 0 Å². The zero-order valence-electron chi connectivity index (χ0n) is 19.6. The Kier molecular flexibility index (Phi) is 8.80. The van der Waals surface area contributed by atoms with Crippen LogP contribution in [0.15, 0.2) is 47.6 Å². The van der Waals surface area contributed by atoms with Crippen LogP contribution in [0.4, 0.5) is 0 Å². The molecule has 30 heavy (non-hydrogen) atoms. The summed E-state index contributed by atoms with van der Waals surface area (Å²) in [5.41, 5.74) is 4.61. The monoisotopic (exact) mass is 412 g/mol. The molecule has 0 bridgehead atoms. The Bertz CT molecular complexity index is 678. The van der Waals surface area contributed by atoms with Crippen molar-refractivity contribution in [2.24, 2.45) is 35.0 Å². The lowest BCUT2D eigenvalue weighted by Crippen LogP contribution is -2.35. The quantitative estimate of drug-likeness (QED) is 0.450. The van der Waals surface area contributed by atoms with Gasteiger partial charge in [-0.1, -0.05) is 84.1 Å². The van der Waals surface area contributed by atoms with Crippen molar-refractivity contribution in [3.05, 3.63) is 47.6 Å². The molecule has 3 aliphatic rings. The average Bonchev–Trinajstić information content (AvgIpc) is 3.04. The van der Waals surface area contributed by atoms with Crippen LogP contribution in [0, 0.1) is 35.0 Å². The number of hydrogen-bond acceptors (Lipinski definition) is 1. The molecule has 6 atom stereocenters. The van der Waals surface area contributed by atoms with E-state index >= 15 is 0 Å². The predicted molar refractivity (Wildman–Crippen MR) is 132 cm³/mol. The van der Waals surface area contributed by atoms with E-state index in [1.54, 1.807) is 5.57 Å². The molecule has 0 spiro atoms. The molecule has 170 valence electrons. The van der Waals surface area contributed by atoms with Gasteiger partial charge in [0.2, 0.25) is 0 Å². The van der Waals surface area contributed by atoms with Gasteiger partial charge < -0.3 is 5.11 Å². The molecule has 1 heteroatoms. The first-order valence-corrected chi connectivity index (χ1v) is 12.2. The zero-order chi connectivity index (χ0) is 21.2. The molecule has 0 aromatic rings. The Balaban J connectivity index is 0.00000320. The van der Waals surface area contributed by atoms with Gasteiger partial charge in [0.1, 0.15) is 0 Å². The van der Waals surface area contributed by atoms with Crippen molar-refractivity contribution in [2.45, 2.75) is 99.5 Å². The van der Waals surface area contributed by atoms with Gasteiger partial charge in [-0.15, -0.1) is 0 Å². The maximum absolute atomic E-state index is 10.0. The second kappa shape index (κ2) is 10.5. The molecular weight excluding hydrogens is 364 g/mol. The summed E-state index contributed by atoms with van der Waals surface area (Å²) >= 11 is 0. The number of rotatable bonds is 5. The van der Waals surface area contributed by atoms with E-state index < -0.39 is 0 Å². The summed E-state index contributed by atoms with van der Waals surface area (Å²) in [5, 5.41) is 10.0. The van der Waals surface area contributed by atoms with Crippen molar-refractivity contribution in [3.8, 4) is 0 Å². The molecule has 3 saturated carbocycles. The molecule has 0 unspecified atom stereocenters.